The van der Waals surface area contributed by atoms with Gasteiger partial charge in [-0.2, -0.15) is 0 Å². The molecule has 0 saturated carbocycles. The van der Waals surface area contributed by atoms with Crippen LogP contribution in [0.25, 0.3) is 0 Å². The van der Waals surface area contributed by atoms with E-state index >= 15 is 0 Å². The van der Waals surface area contributed by atoms with Gasteiger partial charge in [-0.25, -0.2) is 0 Å². The molecular formula is C19H22N2O2. The fourth-order valence-corrected chi connectivity index (χ4v) is 2.28. The van der Waals surface area contributed by atoms with Crippen molar-refractivity contribution in [3.63, 3.8) is 0 Å². The molecule has 0 atom stereocenters. The molecule has 0 heterocycles. The van der Waals surface area contributed by atoms with E-state index in [4.69, 9.17) is 4.84 Å². The van der Waals surface area contributed by atoms with Gasteiger partial charge in [0.1, 0.15) is 0 Å². The molecule has 2 aromatic rings. The molecule has 120 valence electrons. The van der Waals surface area contributed by atoms with Crippen LogP contribution in [0.5, 0.6) is 0 Å². The second kappa shape index (κ2) is 8.13. The minimum atomic E-state index is -0.228. The fourth-order valence-electron chi connectivity index (χ4n) is 2.28. The number of anilines is 1. The number of benzene rings is 2. The Kier molecular flexibility index (Phi) is 5.92. The van der Waals surface area contributed by atoms with Gasteiger partial charge >= 0.3 is 0 Å². The Hall–Kier alpha value is -2.62. The summed E-state index contributed by atoms with van der Waals surface area (Å²) >= 11 is 0. The molecular weight excluding hydrogens is 288 g/mol. The molecule has 0 saturated heterocycles. The van der Waals surface area contributed by atoms with E-state index in [1.807, 2.05) is 50.2 Å². The summed E-state index contributed by atoms with van der Waals surface area (Å²) in [7, 11) is 0. The molecule has 0 unspecified atom stereocenters. The monoisotopic (exact) mass is 310 g/mol. The fraction of sp³-hybridized carbons (Fsp3) is 0.263. The van der Waals surface area contributed by atoms with Crippen LogP contribution in [-0.2, 0) is 16.1 Å². The zero-order valence-corrected chi connectivity index (χ0v) is 13.8. The molecule has 1 amide bonds. The zero-order chi connectivity index (χ0) is 16.7. The number of aryl methyl sites for hydroxylation is 3. The van der Waals surface area contributed by atoms with Crippen LogP contribution in [0.3, 0.4) is 0 Å². The lowest BCUT2D eigenvalue weighted by Crippen LogP contribution is -2.17. The van der Waals surface area contributed by atoms with Crippen LogP contribution >= 0.6 is 0 Å². The van der Waals surface area contributed by atoms with Crippen molar-refractivity contribution in [2.75, 3.05) is 11.9 Å². The molecule has 23 heavy (non-hydrogen) atoms. The van der Waals surface area contributed by atoms with Gasteiger partial charge in [-0.05, 0) is 54.7 Å². The zero-order valence-electron chi connectivity index (χ0n) is 13.8. The highest BCUT2D eigenvalue weighted by Crippen LogP contribution is 2.13. The topological polar surface area (TPSA) is 50.7 Å². The molecule has 0 bridgehead atoms. The van der Waals surface area contributed by atoms with Crippen molar-refractivity contribution >= 4 is 17.8 Å². The molecule has 2 rings (SSSR count). The first-order valence-electron chi connectivity index (χ1n) is 7.69. The number of carbonyl (C=O) groups is 1. The molecule has 0 radical (unpaired) electrons. The van der Waals surface area contributed by atoms with E-state index < -0.39 is 0 Å². The van der Waals surface area contributed by atoms with Crippen LogP contribution in [0.1, 0.15) is 29.2 Å². The number of hydrogen-bond acceptors (Lipinski definition) is 3. The number of carbonyl (C=O) groups excluding carboxylic acids is 1. The first-order chi connectivity index (χ1) is 11.1. The van der Waals surface area contributed by atoms with Gasteiger partial charge < -0.3 is 10.2 Å². The summed E-state index contributed by atoms with van der Waals surface area (Å²) in [4.78, 5) is 16.9. The molecule has 2 aromatic carbocycles. The van der Waals surface area contributed by atoms with Gasteiger partial charge in [-0.1, -0.05) is 42.4 Å². The van der Waals surface area contributed by atoms with Crippen LogP contribution in [0, 0.1) is 13.8 Å². The minimum absolute atomic E-state index is 0.115. The first-order valence-corrected chi connectivity index (χ1v) is 7.69. The van der Waals surface area contributed by atoms with Crippen molar-refractivity contribution in [3.05, 3.63) is 64.7 Å². The first kappa shape index (κ1) is 16.7. The van der Waals surface area contributed by atoms with E-state index in [2.05, 4.69) is 23.5 Å². The van der Waals surface area contributed by atoms with Crippen LogP contribution in [0.2, 0.25) is 0 Å². The van der Waals surface area contributed by atoms with E-state index in [0.717, 1.165) is 28.8 Å². The molecule has 0 aliphatic carbocycles. The van der Waals surface area contributed by atoms with Crippen LogP contribution < -0.4 is 5.32 Å². The van der Waals surface area contributed by atoms with Crippen molar-refractivity contribution < 1.29 is 9.63 Å². The predicted molar refractivity (Wildman–Crippen MR) is 93.9 cm³/mol. The Morgan fingerprint density at radius 2 is 1.78 bits per heavy atom. The number of nitrogens with zero attached hydrogens (tertiary/aromatic N) is 1. The maximum atomic E-state index is 11.8. The quantitative estimate of drug-likeness (QED) is 0.650. The summed E-state index contributed by atoms with van der Waals surface area (Å²) in [6.45, 7) is 5.98. The molecule has 0 fully saturated rings. The summed E-state index contributed by atoms with van der Waals surface area (Å²) in [5.74, 6) is -0.228. The smallest absolute Gasteiger partial charge is 0.265 e. The largest absolute Gasteiger partial charge is 0.386 e. The second-order valence-corrected chi connectivity index (χ2v) is 5.53. The predicted octanol–water partition coefficient (Wildman–Crippen LogP) is 3.86. The molecule has 0 aliphatic heterocycles. The third-order valence-corrected chi connectivity index (χ3v) is 3.37. The normalized spacial score (nSPS) is 10.7. The number of nitrogens with one attached hydrogen (secondary N) is 1. The van der Waals surface area contributed by atoms with Crippen molar-refractivity contribution in [1.29, 1.82) is 0 Å². The van der Waals surface area contributed by atoms with Crippen LogP contribution in [0.15, 0.2) is 47.6 Å². The Balaban J connectivity index is 1.80. The van der Waals surface area contributed by atoms with E-state index in [9.17, 15) is 4.79 Å². The number of oxime groups is 1. The molecule has 0 aromatic heterocycles. The van der Waals surface area contributed by atoms with Crippen LogP contribution in [-0.4, -0.2) is 18.7 Å². The van der Waals surface area contributed by atoms with Crippen LogP contribution in [0.4, 0.5) is 5.69 Å². The van der Waals surface area contributed by atoms with Gasteiger partial charge in [-0.15, -0.1) is 0 Å². The van der Waals surface area contributed by atoms with Gasteiger partial charge in [0, 0.05) is 5.69 Å². The third kappa shape index (κ3) is 5.58. The van der Waals surface area contributed by atoms with Crippen molar-refractivity contribution in [3.8, 4) is 0 Å². The van der Waals surface area contributed by atoms with E-state index in [1.165, 1.54) is 5.56 Å². The molecule has 0 spiro atoms. The van der Waals surface area contributed by atoms with Crippen molar-refractivity contribution in [1.82, 2.24) is 0 Å². The lowest BCUT2D eigenvalue weighted by atomic mass is 10.1. The average molecular weight is 310 g/mol. The summed E-state index contributed by atoms with van der Waals surface area (Å²) < 4.78 is 0. The standard InChI is InChI=1S/C19H22N2O2/c1-4-16-5-7-17(8-6-16)12-20-23-13-19(22)21-18-10-14(2)9-15(3)11-18/h5-12H,4,13H2,1-3H3,(H,21,22)/b20-12-. The minimum Gasteiger partial charge on any atom is -0.386 e. The summed E-state index contributed by atoms with van der Waals surface area (Å²) in [6.07, 6.45) is 2.61. The molecule has 4 nitrogen and oxygen atoms in total. The van der Waals surface area contributed by atoms with E-state index in [1.54, 1.807) is 6.21 Å². The molecule has 4 heteroatoms. The van der Waals surface area contributed by atoms with Gasteiger partial charge in [0.25, 0.3) is 5.91 Å². The highest BCUT2D eigenvalue weighted by molar-refractivity contribution is 5.91. The Bertz CT molecular complexity index is 671. The van der Waals surface area contributed by atoms with Gasteiger partial charge in [0.15, 0.2) is 6.61 Å². The van der Waals surface area contributed by atoms with Crippen molar-refractivity contribution in [2.45, 2.75) is 27.2 Å². The Labute approximate surface area is 137 Å². The summed E-state index contributed by atoms with van der Waals surface area (Å²) in [6, 6.07) is 13.9. The van der Waals surface area contributed by atoms with E-state index in [0.29, 0.717) is 0 Å². The molecule has 1 N–H and O–H groups in total. The number of amides is 1. The maximum Gasteiger partial charge on any atom is 0.265 e. The average Bonchev–Trinajstić information content (AvgIpc) is 2.51. The summed E-state index contributed by atoms with van der Waals surface area (Å²) in [5.41, 5.74) is 5.20. The summed E-state index contributed by atoms with van der Waals surface area (Å²) in [5, 5.41) is 6.63. The highest BCUT2D eigenvalue weighted by atomic mass is 16.6. The van der Waals surface area contributed by atoms with Gasteiger partial charge in [0.05, 0.1) is 6.21 Å². The highest BCUT2D eigenvalue weighted by Gasteiger charge is 2.03. The van der Waals surface area contributed by atoms with E-state index in [-0.39, 0.29) is 12.5 Å². The number of hydrogen-bond donors (Lipinski definition) is 1. The lowest BCUT2D eigenvalue weighted by Gasteiger charge is -2.06. The van der Waals surface area contributed by atoms with Gasteiger partial charge in [0.2, 0.25) is 0 Å². The maximum absolute atomic E-state index is 11.8. The number of rotatable bonds is 6. The van der Waals surface area contributed by atoms with Crippen molar-refractivity contribution in [2.24, 2.45) is 5.16 Å². The second-order valence-electron chi connectivity index (χ2n) is 5.53. The SMILES string of the molecule is CCc1ccc(/C=N\OCC(=O)Nc2cc(C)cc(C)c2)cc1. The molecule has 0 aliphatic rings. The Morgan fingerprint density at radius 1 is 1.13 bits per heavy atom. The third-order valence-electron chi connectivity index (χ3n) is 3.37. The van der Waals surface area contributed by atoms with Gasteiger partial charge in [-0.3, -0.25) is 4.79 Å². The lowest BCUT2D eigenvalue weighted by molar-refractivity contribution is -0.120. The Morgan fingerprint density at radius 3 is 2.39 bits per heavy atom.